The highest BCUT2D eigenvalue weighted by Gasteiger charge is 2.24. The smallest absolute Gasteiger partial charge is 0.0795 e. The summed E-state index contributed by atoms with van der Waals surface area (Å²) in [6.07, 6.45) is 0. The largest absolute Gasteiger partial charge is 0.307 e. The van der Waals surface area contributed by atoms with Crippen molar-refractivity contribution in [2.24, 2.45) is 0 Å². The van der Waals surface area contributed by atoms with E-state index in [-0.39, 0.29) is 0 Å². The van der Waals surface area contributed by atoms with Crippen molar-refractivity contribution in [3.05, 3.63) is 182 Å². The maximum atomic E-state index is 2.50. The first-order valence-corrected chi connectivity index (χ1v) is 16.5. The number of hydrogen-bond acceptors (Lipinski definition) is 0. The van der Waals surface area contributed by atoms with E-state index in [0.29, 0.717) is 0 Å². The fourth-order valence-electron chi connectivity index (χ4n) is 7.84. The van der Waals surface area contributed by atoms with Crippen molar-refractivity contribution in [1.29, 1.82) is 0 Å². The Morgan fingerprint density at radius 3 is 1.27 bits per heavy atom. The molecule has 2 aromatic heterocycles. The number of fused-ring (bicyclic) bond motifs is 10. The third kappa shape index (κ3) is 3.93. The number of hydrogen-bond donors (Lipinski definition) is 0. The molecule has 0 N–H and O–H groups in total. The predicted octanol–water partition coefficient (Wildman–Crippen LogP) is 12.4. The molecule has 0 aliphatic rings. The van der Waals surface area contributed by atoms with Gasteiger partial charge in [0.1, 0.15) is 0 Å². The first kappa shape index (κ1) is 26.8. The number of nitrogens with zero attached hydrogens (tertiary/aromatic N) is 2. The minimum absolute atomic E-state index is 1.14. The maximum absolute atomic E-state index is 2.50. The van der Waals surface area contributed by atoms with E-state index in [2.05, 4.69) is 191 Å². The van der Waals surface area contributed by atoms with Crippen molar-refractivity contribution in [1.82, 2.24) is 9.13 Å². The normalized spacial score (nSPS) is 11.8. The summed E-state index contributed by atoms with van der Waals surface area (Å²) in [5.41, 5.74) is 12.0. The van der Waals surface area contributed by atoms with E-state index in [4.69, 9.17) is 0 Å². The lowest BCUT2D eigenvalue weighted by molar-refractivity contribution is 1.15. The Labute approximate surface area is 278 Å². The van der Waals surface area contributed by atoms with Gasteiger partial charge in [0.25, 0.3) is 0 Å². The molecule has 10 rings (SSSR count). The number of benzene rings is 8. The van der Waals surface area contributed by atoms with Crippen LogP contribution in [0.15, 0.2) is 182 Å². The Hall–Kier alpha value is -6.38. The lowest BCUT2D eigenvalue weighted by Crippen LogP contribution is -1.99. The number of aromatic nitrogens is 2. The van der Waals surface area contributed by atoms with E-state index in [9.17, 15) is 0 Å². The van der Waals surface area contributed by atoms with Gasteiger partial charge in [-0.15, -0.1) is 0 Å². The minimum Gasteiger partial charge on any atom is -0.307 e. The summed E-state index contributed by atoms with van der Waals surface area (Å²) in [5.74, 6) is 0. The van der Waals surface area contributed by atoms with Crippen molar-refractivity contribution in [3.63, 3.8) is 0 Å². The molecule has 0 fully saturated rings. The van der Waals surface area contributed by atoms with Crippen LogP contribution >= 0.6 is 0 Å². The van der Waals surface area contributed by atoms with Gasteiger partial charge in [0.2, 0.25) is 0 Å². The summed E-state index contributed by atoms with van der Waals surface area (Å²) < 4.78 is 4.98. The Balaban J connectivity index is 1.36. The molecule has 0 amide bonds. The van der Waals surface area contributed by atoms with Gasteiger partial charge in [-0.05, 0) is 75.5 Å². The molecule has 0 bridgehead atoms. The van der Waals surface area contributed by atoms with Gasteiger partial charge in [0, 0.05) is 32.9 Å². The highest BCUT2D eigenvalue weighted by Crippen LogP contribution is 2.46. The van der Waals surface area contributed by atoms with Gasteiger partial charge in [0.15, 0.2) is 0 Å². The van der Waals surface area contributed by atoms with E-state index < -0.39 is 0 Å². The summed E-state index contributed by atoms with van der Waals surface area (Å²) in [5, 5.41) is 7.64. The number of rotatable bonds is 4. The summed E-state index contributed by atoms with van der Waals surface area (Å²) >= 11 is 0. The van der Waals surface area contributed by atoms with Crippen LogP contribution in [0.3, 0.4) is 0 Å². The number of para-hydroxylation sites is 3. The minimum atomic E-state index is 1.14. The van der Waals surface area contributed by atoms with Gasteiger partial charge in [0.05, 0.1) is 22.1 Å². The van der Waals surface area contributed by atoms with Crippen molar-refractivity contribution in [3.8, 4) is 33.6 Å². The van der Waals surface area contributed by atoms with Gasteiger partial charge in [-0.3, -0.25) is 0 Å². The molecular weight excluding hydrogens is 581 g/mol. The Morgan fingerprint density at radius 2 is 0.667 bits per heavy atom. The molecule has 48 heavy (non-hydrogen) atoms. The van der Waals surface area contributed by atoms with Crippen LogP contribution < -0.4 is 0 Å². The molecule has 2 nitrogen and oxygen atoms in total. The topological polar surface area (TPSA) is 9.86 Å². The lowest BCUT2D eigenvalue weighted by Gasteiger charge is -2.15. The fraction of sp³-hybridized carbons (Fsp3) is 0. The first-order valence-electron chi connectivity index (χ1n) is 16.5. The quantitative estimate of drug-likeness (QED) is 0.188. The standard InChI is InChI=1S/C46H30N2/c1-3-15-31(16-4-1)32-17-13-18-33(29-32)34-19-14-22-36(30-34)48-42-28-12-10-26-40(42)44-38-24-8-7-23-37(38)43-39-25-9-11-27-41(39)47(45(43)46(44)48)35-20-5-2-6-21-35/h1-30H. The van der Waals surface area contributed by atoms with Gasteiger partial charge < -0.3 is 9.13 Å². The molecule has 0 aliphatic heterocycles. The fourth-order valence-corrected chi connectivity index (χ4v) is 7.84. The van der Waals surface area contributed by atoms with Crippen molar-refractivity contribution in [2.45, 2.75) is 0 Å². The average molecular weight is 611 g/mol. The predicted molar refractivity (Wildman–Crippen MR) is 203 cm³/mol. The second-order valence-corrected chi connectivity index (χ2v) is 12.5. The highest BCUT2D eigenvalue weighted by molar-refractivity contribution is 6.36. The summed E-state index contributed by atoms with van der Waals surface area (Å²) in [7, 11) is 0. The SMILES string of the molecule is c1ccc(-c2cccc(-c3cccc(-n4c5ccccc5c5c6ccccc6c6c7ccccc7n(-c7ccccc7)c6c54)c3)c2)cc1. The zero-order valence-corrected chi connectivity index (χ0v) is 26.2. The monoisotopic (exact) mass is 610 g/mol. The third-order valence-corrected chi connectivity index (χ3v) is 9.86. The van der Waals surface area contributed by atoms with E-state index in [0.717, 1.165) is 11.4 Å². The van der Waals surface area contributed by atoms with Crippen molar-refractivity contribution >= 4 is 54.4 Å². The van der Waals surface area contributed by atoms with Crippen LogP contribution in [0, 0.1) is 0 Å². The van der Waals surface area contributed by atoms with Crippen LogP contribution in [-0.4, -0.2) is 9.13 Å². The summed E-state index contributed by atoms with van der Waals surface area (Å²) in [6, 6.07) is 66.1. The molecule has 0 atom stereocenters. The van der Waals surface area contributed by atoms with Crippen molar-refractivity contribution in [2.75, 3.05) is 0 Å². The zero-order chi connectivity index (χ0) is 31.6. The van der Waals surface area contributed by atoms with Gasteiger partial charge in [-0.1, -0.05) is 140 Å². The van der Waals surface area contributed by atoms with E-state index in [1.54, 1.807) is 0 Å². The highest BCUT2D eigenvalue weighted by atomic mass is 15.0. The average Bonchev–Trinajstić information content (AvgIpc) is 3.70. The van der Waals surface area contributed by atoms with Gasteiger partial charge >= 0.3 is 0 Å². The second-order valence-electron chi connectivity index (χ2n) is 12.5. The molecular formula is C46H30N2. The molecule has 2 heterocycles. The van der Waals surface area contributed by atoms with Crippen LogP contribution in [0.2, 0.25) is 0 Å². The Morgan fingerprint density at radius 1 is 0.271 bits per heavy atom. The lowest BCUT2D eigenvalue weighted by atomic mass is 9.98. The van der Waals surface area contributed by atoms with E-state index in [1.807, 2.05) is 0 Å². The molecule has 0 unspecified atom stereocenters. The maximum Gasteiger partial charge on any atom is 0.0795 e. The Bertz CT molecular complexity index is 2820. The van der Waals surface area contributed by atoms with Crippen LogP contribution in [0.5, 0.6) is 0 Å². The molecule has 0 radical (unpaired) electrons. The van der Waals surface area contributed by atoms with Crippen LogP contribution in [0.1, 0.15) is 0 Å². The Kier molecular flexibility index (Phi) is 5.91. The molecule has 2 heteroatoms. The third-order valence-electron chi connectivity index (χ3n) is 9.86. The molecule has 10 aromatic rings. The van der Waals surface area contributed by atoms with Gasteiger partial charge in [-0.2, -0.15) is 0 Å². The van der Waals surface area contributed by atoms with Crippen molar-refractivity contribution < 1.29 is 0 Å². The van der Waals surface area contributed by atoms with Crippen LogP contribution in [0.25, 0.3) is 88.0 Å². The van der Waals surface area contributed by atoms with Gasteiger partial charge in [-0.25, -0.2) is 0 Å². The molecule has 0 aliphatic carbocycles. The van der Waals surface area contributed by atoms with Crippen LogP contribution in [0.4, 0.5) is 0 Å². The molecule has 224 valence electrons. The molecule has 0 saturated carbocycles. The molecule has 8 aromatic carbocycles. The van der Waals surface area contributed by atoms with E-state index in [1.165, 1.54) is 76.6 Å². The first-order chi connectivity index (χ1) is 23.8. The molecule has 0 saturated heterocycles. The van der Waals surface area contributed by atoms with E-state index >= 15 is 0 Å². The second kappa shape index (κ2) is 10.6. The summed E-state index contributed by atoms with van der Waals surface area (Å²) in [6.45, 7) is 0. The van der Waals surface area contributed by atoms with Crippen LogP contribution in [-0.2, 0) is 0 Å². The zero-order valence-electron chi connectivity index (χ0n) is 26.2. The molecule has 0 spiro atoms. The summed E-state index contributed by atoms with van der Waals surface area (Å²) in [4.78, 5) is 0.